The quantitative estimate of drug-likeness (QED) is 0.734. The van der Waals surface area contributed by atoms with Crippen LogP contribution < -0.4 is 10.2 Å². The molecule has 4 rings (SSSR count). The van der Waals surface area contributed by atoms with E-state index in [1.54, 1.807) is 34.6 Å². The number of carbonyl (C=O) groups excluding carboxylic acids is 2. The molecule has 1 atom stereocenters. The maximum atomic E-state index is 13.0. The molecule has 1 N–H and O–H groups in total. The van der Waals surface area contributed by atoms with E-state index in [0.29, 0.717) is 17.8 Å². The number of aromatic nitrogens is 1. The number of benzene rings is 1. The molecule has 27 heavy (non-hydrogen) atoms. The number of carbonyl (C=O) groups is 2. The smallest absolute Gasteiger partial charge is 0.260 e. The van der Waals surface area contributed by atoms with E-state index in [1.165, 1.54) is 0 Å². The van der Waals surface area contributed by atoms with Crippen molar-refractivity contribution in [2.45, 2.75) is 25.9 Å². The van der Waals surface area contributed by atoms with Gasteiger partial charge in [0.25, 0.3) is 5.91 Å². The highest BCUT2D eigenvalue weighted by Crippen LogP contribution is 2.38. The number of rotatable bonds is 5. The van der Waals surface area contributed by atoms with Crippen molar-refractivity contribution in [1.29, 1.82) is 0 Å². The van der Waals surface area contributed by atoms with E-state index in [9.17, 15) is 9.59 Å². The van der Waals surface area contributed by atoms with Gasteiger partial charge in [-0.3, -0.25) is 19.5 Å². The van der Waals surface area contributed by atoms with Gasteiger partial charge in [-0.2, -0.15) is 0 Å². The zero-order valence-electron chi connectivity index (χ0n) is 14.9. The lowest BCUT2D eigenvalue weighted by Crippen LogP contribution is -2.32. The molecule has 0 fully saturated rings. The zero-order valence-corrected chi connectivity index (χ0v) is 15.7. The van der Waals surface area contributed by atoms with Gasteiger partial charge >= 0.3 is 0 Å². The third kappa shape index (κ3) is 3.48. The van der Waals surface area contributed by atoms with E-state index in [1.807, 2.05) is 48.7 Å². The molecule has 2 amide bonds. The van der Waals surface area contributed by atoms with Gasteiger partial charge in [-0.05, 0) is 42.6 Å². The normalized spacial score (nSPS) is 15.7. The fourth-order valence-electron chi connectivity index (χ4n) is 3.29. The Morgan fingerprint density at radius 2 is 2.00 bits per heavy atom. The van der Waals surface area contributed by atoms with Crippen LogP contribution in [0, 0.1) is 6.92 Å². The highest BCUT2D eigenvalue weighted by Gasteiger charge is 2.39. The predicted octanol–water partition coefficient (Wildman–Crippen LogP) is 3.86. The fourth-order valence-corrected chi connectivity index (χ4v) is 3.94. The molecule has 1 aliphatic heterocycles. The number of fused-ring (bicyclic) bond motifs is 1. The average Bonchev–Trinajstić information content (AvgIpc) is 3.29. The lowest BCUT2D eigenvalue weighted by atomic mass is 10.1. The second-order valence-corrected chi connectivity index (χ2v) is 7.56. The fraction of sp³-hybridized carbons (Fsp3) is 0.190. The minimum absolute atomic E-state index is 0.100. The van der Waals surface area contributed by atoms with Crippen LogP contribution in [0.3, 0.4) is 0 Å². The Balaban J connectivity index is 1.59. The molecule has 0 bridgehead atoms. The summed E-state index contributed by atoms with van der Waals surface area (Å²) in [7, 11) is 0. The Hall–Kier alpha value is -2.99. The molecule has 0 saturated heterocycles. The number of pyridine rings is 1. The molecule has 136 valence electrons. The zero-order chi connectivity index (χ0) is 18.8. The van der Waals surface area contributed by atoms with Crippen molar-refractivity contribution in [3.63, 3.8) is 0 Å². The Morgan fingerprint density at radius 1 is 1.19 bits per heavy atom. The maximum Gasteiger partial charge on any atom is 0.260 e. The summed E-state index contributed by atoms with van der Waals surface area (Å²) >= 11 is 1.60. The second-order valence-electron chi connectivity index (χ2n) is 6.52. The van der Waals surface area contributed by atoms with Crippen molar-refractivity contribution in [3.8, 4) is 0 Å². The molecule has 1 aliphatic rings. The summed E-state index contributed by atoms with van der Waals surface area (Å²) in [4.78, 5) is 32.7. The molecule has 3 aromatic rings. The first-order chi connectivity index (χ1) is 13.1. The van der Waals surface area contributed by atoms with Gasteiger partial charge in [-0.25, -0.2) is 0 Å². The lowest BCUT2D eigenvalue weighted by Gasteiger charge is -2.24. The van der Waals surface area contributed by atoms with E-state index in [4.69, 9.17) is 0 Å². The van der Waals surface area contributed by atoms with Crippen LogP contribution in [-0.4, -0.2) is 16.8 Å². The largest absolute Gasteiger partial charge is 0.351 e. The Bertz CT molecular complexity index is 967. The van der Waals surface area contributed by atoms with E-state index in [0.717, 1.165) is 16.1 Å². The van der Waals surface area contributed by atoms with Crippen LogP contribution in [0.15, 0.2) is 60.1 Å². The lowest BCUT2D eigenvalue weighted by molar-refractivity contribution is -0.121. The van der Waals surface area contributed by atoms with Crippen molar-refractivity contribution >= 4 is 28.8 Å². The summed E-state index contributed by atoms with van der Waals surface area (Å²) in [6, 6.07) is 14.8. The van der Waals surface area contributed by atoms with Gasteiger partial charge in [0.1, 0.15) is 0 Å². The Morgan fingerprint density at radius 3 is 2.74 bits per heavy atom. The van der Waals surface area contributed by atoms with Crippen LogP contribution in [-0.2, 0) is 11.3 Å². The van der Waals surface area contributed by atoms with Crippen LogP contribution in [0.5, 0.6) is 0 Å². The van der Waals surface area contributed by atoms with Crippen LogP contribution in [0.1, 0.15) is 39.0 Å². The summed E-state index contributed by atoms with van der Waals surface area (Å²) in [6.45, 7) is 2.50. The number of hydrogen-bond donors (Lipinski definition) is 1. The number of anilines is 1. The minimum Gasteiger partial charge on any atom is -0.351 e. The third-order valence-electron chi connectivity index (χ3n) is 4.65. The summed E-state index contributed by atoms with van der Waals surface area (Å²) in [6.07, 6.45) is 1.84. The Kier molecular flexibility index (Phi) is 4.73. The van der Waals surface area contributed by atoms with Crippen molar-refractivity contribution < 1.29 is 9.59 Å². The number of hydrogen-bond acceptors (Lipinski definition) is 4. The third-order valence-corrected chi connectivity index (χ3v) is 5.52. The molecule has 6 heteroatoms. The SMILES string of the molecule is Cc1ccc(N2C(=O)c3cccnc3[C@H]2CC(=O)NCc2cccs2)cc1. The topological polar surface area (TPSA) is 62.3 Å². The second kappa shape index (κ2) is 7.32. The molecule has 0 aliphatic carbocycles. The van der Waals surface area contributed by atoms with E-state index < -0.39 is 6.04 Å². The van der Waals surface area contributed by atoms with Crippen LogP contribution in [0.2, 0.25) is 0 Å². The minimum atomic E-state index is -0.403. The van der Waals surface area contributed by atoms with Crippen LogP contribution in [0.4, 0.5) is 5.69 Å². The van der Waals surface area contributed by atoms with Gasteiger partial charge in [0.15, 0.2) is 0 Å². The number of amides is 2. The first-order valence-electron chi connectivity index (χ1n) is 8.77. The van der Waals surface area contributed by atoms with E-state index in [-0.39, 0.29) is 18.2 Å². The predicted molar refractivity (Wildman–Crippen MR) is 106 cm³/mol. The van der Waals surface area contributed by atoms with Crippen LogP contribution >= 0.6 is 11.3 Å². The summed E-state index contributed by atoms with van der Waals surface area (Å²) in [5, 5.41) is 4.93. The van der Waals surface area contributed by atoms with Gasteiger partial charge in [-0.15, -0.1) is 11.3 Å². The summed E-state index contributed by atoms with van der Waals surface area (Å²) < 4.78 is 0. The highest BCUT2D eigenvalue weighted by atomic mass is 32.1. The Labute approximate surface area is 161 Å². The number of nitrogens with one attached hydrogen (secondary N) is 1. The average molecular weight is 377 g/mol. The number of thiophene rings is 1. The monoisotopic (exact) mass is 377 g/mol. The standard InChI is InChI=1S/C21H19N3O2S/c1-14-6-8-15(9-7-14)24-18(20-17(21(24)26)5-2-10-22-20)12-19(25)23-13-16-4-3-11-27-16/h2-11,18H,12-13H2,1H3,(H,23,25)/t18-/m1/s1. The molecule has 0 unspecified atom stereocenters. The molecule has 0 radical (unpaired) electrons. The summed E-state index contributed by atoms with van der Waals surface area (Å²) in [5.74, 6) is -0.213. The molecule has 0 saturated carbocycles. The van der Waals surface area contributed by atoms with Crippen molar-refractivity contribution in [2.24, 2.45) is 0 Å². The molecule has 3 heterocycles. The van der Waals surface area contributed by atoms with Gasteiger partial charge < -0.3 is 5.32 Å². The molecule has 2 aromatic heterocycles. The number of nitrogens with zero attached hydrogens (tertiary/aromatic N) is 2. The van der Waals surface area contributed by atoms with E-state index >= 15 is 0 Å². The van der Waals surface area contributed by atoms with Gasteiger partial charge in [0, 0.05) is 16.8 Å². The van der Waals surface area contributed by atoms with E-state index in [2.05, 4.69) is 10.3 Å². The van der Waals surface area contributed by atoms with Crippen molar-refractivity contribution in [1.82, 2.24) is 10.3 Å². The van der Waals surface area contributed by atoms with Crippen molar-refractivity contribution in [3.05, 3.63) is 81.8 Å². The van der Waals surface area contributed by atoms with Gasteiger partial charge in [0.2, 0.25) is 5.91 Å². The highest BCUT2D eigenvalue weighted by molar-refractivity contribution is 7.09. The maximum absolute atomic E-state index is 13.0. The van der Waals surface area contributed by atoms with Gasteiger partial charge in [-0.1, -0.05) is 23.8 Å². The molecular weight excluding hydrogens is 358 g/mol. The molecule has 1 aromatic carbocycles. The first kappa shape index (κ1) is 17.4. The van der Waals surface area contributed by atoms with Crippen molar-refractivity contribution in [2.75, 3.05) is 4.90 Å². The number of aryl methyl sites for hydroxylation is 1. The molecular formula is C21H19N3O2S. The molecule has 0 spiro atoms. The summed E-state index contributed by atoms with van der Waals surface area (Å²) in [5.41, 5.74) is 3.12. The van der Waals surface area contributed by atoms with Crippen LogP contribution in [0.25, 0.3) is 0 Å². The van der Waals surface area contributed by atoms with Gasteiger partial charge in [0.05, 0.1) is 30.3 Å². The molecule has 5 nitrogen and oxygen atoms in total. The first-order valence-corrected chi connectivity index (χ1v) is 9.65.